The molecular formula is C9H14O2. The van der Waals surface area contributed by atoms with Crippen molar-refractivity contribution in [3.63, 3.8) is 0 Å². The van der Waals surface area contributed by atoms with Crippen LogP contribution in [0.4, 0.5) is 0 Å². The molecule has 0 aromatic rings. The van der Waals surface area contributed by atoms with Gasteiger partial charge in [0, 0.05) is 13.0 Å². The van der Waals surface area contributed by atoms with Crippen LogP contribution in [0, 0.1) is 11.3 Å². The molecule has 2 heteroatoms. The highest BCUT2D eigenvalue weighted by Crippen LogP contribution is 2.59. The minimum absolute atomic E-state index is 0.332. The number of Topliss-reactive ketones (excluding diaryl/α,β-unsaturated/α-hetero) is 1. The normalized spacial score (nSPS) is 41.4. The predicted molar refractivity (Wildman–Crippen MR) is 41.3 cm³/mol. The van der Waals surface area contributed by atoms with E-state index >= 15 is 0 Å². The summed E-state index contributed by atoms with van der Waals surface area (Å²) in [6.45, 7) is 3.50. The van der Waals surface area contributed by atoms with Gasteiger partial charge in [-0.15, -0.1) is 0 Å². The Morgan fingerprint density at radius 3 is 3.09 bits per heavy atom. The molecule has 0 aromatic carbocycles. The number of carbonyl (C=O) groups is 1. The Balaban J connectivity index is 1.88. The third-order valence-electron chi connectivity index (χ3n) is 3.03. The molecule has 1 aliphatic carbocycles. The van der Waals surface area contributed by atoms with E-state index in [9.17, 15) is 4.79 Å². The Labute approximate surface area is 66.9 Å². The SMILES string of the molecule is CC(=O)CC1CC12CCOC2. The Kier molecular flexibility index (Phi) is 1.53. The highest BCUT2D eigenvalue weighted by atomic mass is 16.5. The molecule has 0 radical (unpaired) electrons. The molecule has 2 aliphatic rings. The first-order valence-electron chi connectivity index (χ1n) is 4.30. The molecule has 62 valence electrons. The number of hydrogen-bond donors (Lipinski definition) is 0. The quantitative estimate of drug-likeness (QED) is 0.600. The molecule has 1 aliphatic heterocycles. The fourth-order valence-corrected chi connectivity index (χ4v) is 2.17. The van der Waals surface area contributed by atoms with Gasteiger partial charge >= 0.3 is 0 Å². The number of carbonyl (C=O) groups excluding carboxylic acids is 1. The summed E-state index contributed by atoms with van der Waals surface area (Å²) < 4.78 is 5.32. The van der Waals surface area contributed by atoms with Crippen LogP contribution in [0.5, 0.6) is 0 Å². The van der Waals surface area contributed by atoms with E-state index < -0.39 is 0 Å². The second-order valence-electron chi connectivity index (χ2n) is 3.97. The molecular weight excluding hydrogens is 140 g/mol. The first-order valence-corrected chi connectivity index (χ1v) is 4.30. The van der Waals surface area contributed by atoms with Crippen molar-refractivity contribution in [1.82, 2.24) is 0 Å². The number of ether oxygens (including phenoxy) is 1. The summed E-state index contributed by atoms with van der Waals surface area (Å²) in [5.41, 5.74) is 0.450. The highest BCUT2D eigenvalue weighted by Gasteiger charge is 2.55. The zero-order valence-electron chi connectivity index (χ0n) is 6.93. The molecule has 1 heterocycles. The topological polar surface area (TPSA) is 26.3 Å². The minimum Gasteiger partial charge on any atom is -0.381 e. The van der Waals surface area contributed by atoms with Crippen LogP contribution in [0.3, 0.4) is 0 Å². The lowest BCUT2D eigenvalue weighted by Crippen LogP contribution is -2.05. The van der Waals surface area contributed by atoms with Crippen LogP contribution >= 0.6 is 0 Å². The van der Waals surface area contributed by atoms with Gasteiger partial charge in [0.15, 0.2) is 0 Å². The molecule has 1 saturated heterocycles. The van der Waals surface area contributed by atoms with E-state index in [1.807, 2.05) is 0 Å². The fraction of sp³-hybridized carbons (Fsp3) is 0.889. The van der Waals surface area contributed by atoms with Crippen LogP contribution in [0.2, 0.25) is 0 Å². The van der Waals surface area contributed by atoms with E-state index in [0.717, 1.165) is 19.6 Å². The zero-order chi connectivity index (χ0) is 7.90. The van der Waals surface area contributed by atoms with Gasteiger partial charge in [-0.2, -0.15) is 0 Å². The van der Waals surface area contributed by atoms with Crippen LogP contribution in [-0.2, 0) is 9.53 Å². The Morgan fingerprint density at radius 1 is 1.73 bits per heavy atom. The Morgan fingerprint density at radius 2 is 2.55 bits per heavy atom. The van der Waals surface area contributed by atoms with Gasteiger partial charge in [-0.1, -0.05) is 0 Å². The van der Waals surface area contributed by atoms with Gasteiger partial charge in [-0.25, -0.2) is 0 Å². The first kappa shape index (κ1) is 7.29. The van der Waals surface area contributed by atoms with Crippen LogP contribution < -0.4 is 0 Å². The highest BCUT2D eigenvalue weighted by molar-refractivity contribution is 5.76. The molecule has 0 N–H and O–H groups in total. The van der Waals surface area contributed by atoms with Crippen molar-refractivity contribution in [2.24, 2.45) is 11.3 Å². The average Bonchev–Trinajstić information content (AvgIpc) is 2.43. The fourth-order valence-electron chi connectivity index (χ4n) is 2.17. The maximum Gasteiger partial charge on any atom is 0.130 e. The zero-order valence-corrected chi connectivity index (χ0v) is 6.93. The molecule has 2 unspecified atom stereocenters. The van der Waals surface area contributed by atoms with Gasteiger partial charge in [-0.05, 0) is 31.1 Å². The van der Waals surface area contributed by atoms with E-state index in [0.29, 0.717) is 17.1 Å². The molecule has 0 aromatic heterocycles. The number of rotatable bonds is 2. The van der Waals surface area contributed by atoms with Gasteiger partial charge in [0.05, 0.1) is 6.61 Å². The molecule has 2 fully saturated rings. The van der Waals surface area contributed by atoms with Gasteiger partial charge in [0.2, 0.25) is 0 Å². The largest absolute Gasteiger partial charge is 0.381 e. The smallest absolute Gasteiger partial charge is 0.130 e. The lowest BCUT2D eigenvalue weighted by molar-refractivity contribution is -0.117. The van der Waals surface area contributed by atoms with Crippen molar-refractivity contribution >= 4 is 5.78 Å². The Bertz CT molecular complexity index is 180. The molecule has 2 rings (SSSR count). The lowest BCUT2D eigenvalue weighted by Gasteiger charge is -2.03. The van der Waals surface area contributed by atoms with E-state index in [-0.39, 0.29) is 0 Å². The summed E-state index contributed by atoms with van der Waals surface area (Å²) in [6, 6.07) is 0. The monoisotopic (exact) mass is 154 g/mol. The molecule has 0 amide bonds. The second-order valence-corrected chi connectivity index (χ2v) is 3.97. The maximum absolute atomic E-state index is 10.8. The van der Waals surface area contributed by atoms with Crippen LogP contribution in [-0.4, -0.2) is 19.0 Å². The van der Waals surface area contributed by atoms with Crippen LogP contribution in [0.15, 0.2) is 0 Å². The predicted octanol–water partition coefficient (Wildman–Crippen LogP) is 1.39. The molecule has 2 nitrogen and oxygen atoms in total. The number of ketones is 1. The summed E-state index contributed by atoms with van der Waals surface area (Å²) in [5, 5.41) is 0. The molecule has 2 atom stereocenters. The van der Waals surface area contributed by atoms with Crippen LogP contribution in [0.1, 0.15) is 26.2 Å². The summed E-state index contributed by atoms with van der Waals surface area (Å²) in [5.74, 6) is 0.987. The number of hydrogen-bond acceptors (Lipinski definition) is 2. The van der Waals surface area contributed by atoms with Crippen molar-refractivity contribution < 1.29 is 9.53 Å². The van der Waals surface area contributed by atoms with Gasteiger partial charge < -0.3 is 9.53 Å². The van der Waals surface area contributed by atoms with Gasteiger partial charge in [0.25, 0.3) is 0 Å². The van der Waals surface area contributed by atoms with Crippen molar-refractivity contribution in [1.29, 1.82) is 0 Å². The molecule has 1 spiro atoms. The second kappa shape index (κ2) is 2.31. The minimum atomic E-state index is 0.332. The first-order chi connectivity index (χ1) is 5.23. The Hall–Kier alpha value is -0.370. The summed E-state index contributed by atoms with van der Waals surface area (Å²) >= 11 is 0. The van der Waals surface area contributed by atoms with Crippen molar-refractivity contribution in [2.45, 2.75) is 26.2 Å². The molecule has 1 saturated carbocycles. The van der Waals surface area contributed by atoms with Crippen molar-refractivity contribution in [3.05, 3.63) is 0 Å². The average molecular weight is 154 g/mol. The van der Waals surface area contributed by atoms with E-state index in [2.05, 4.69) is 0 Å². The van der Waals surface area contributed by atoms with E-state index in [1.54, 1.807) is 6.92 Å². The van der Waals surface area contributed by atoms with Crippen LogP contribution in [0.25, 0.3) is 0 Å². The van der Waals surface area contributed by atoms with Crippen molar-refractivity contribution in [2.75, 3.05) is 13.2 Å². The van der Waals surface area contributed by atoms with Gasteiger partial charge in [-0.3, -0.25) is 0 Å². The molecule has 11 heavy (non-hydrogen) atoms. The summed E-state index contributed by atoms with van der Waals surface area (Å²) in [4.78, 5) is 10.8. The van der Waals surface area contributed by atoms with E-state index in [1.165, 1.54) is 12.8 Å². The third-order valence-corrected chi connectivity index (χ3v) is 3.03. The lowest BCUT2D eigenvalue weighted by atomic mass is 10.0. The molecule has 0 bridgehead atoms. The standard InChI is InChI=1S/C9H14O2/c1-7(10)4-8-5-9(8)2-3-11-6-9/h8H,2-6H2,1H3. The third kappa shape index (κ3) is 1.20. The summed E-state index contributed by atoms with van der Waals surface area (Å²) in [7, 11) is 0. The van der Waals surface area contributed by atoms with E-state index in [4.69, 9.17) is 4.74 Å². The van der Waals surface area contributed by atoms with Crippen molar-refractivity contribution in [3.8, 4) is 0 Å². The summed E-state index contributed by atoms with van der Waals surface area (Å²) in [6.07, 6.45) is 3.20. The maximum atomic E-state index is 10.8. The van der Waals surface area contributed by atoms with Gasteiger partial charge in [0.1, 0.15) is 5.78 Å².